The van der Waals surface area contributed by atoms with E-state index in [9.17, 15) is 9.59 Å². The molecular weight excluding hydrogens is 330 g/mol. The van der Waals surface area contributed by atoms with Gasteiger partial charge in [0.1, 0.15) is 17.7 Å². The Bertz CT molecular complexity index is 635. The number of benzene rings is 1. The molecule has 1 atom stereocenters. The Morgan fingerprint density at radius 3 is 2.54 bits per heavy atom. The predicted molar refractivity (Wildman–Crippen MR) is 101 cm³/mol. The maximum Gasteiger partial charge on any atom is 0.411 e. The number of nitrogens with zero attached hydrogens (tertiary/aromatic N) is 1. The van der Waals surface area contributed by atoms with Crippen molar-refractivity contribution in [3.05, 3.63) is 48.6 Å². The molecule has 1 aromatic carbocycles. The molecule has 0 radical (unpaired) electrons. The van der Waals surface area contributed by atoms with Crippen LogP contribution in [0.25, 0.3) is 0 Å². The summed E-state index contributed by atoms with van der Waals surface area (Å²) in [4.78, 5) is 27.3. The van der Waals surface area contributed by atoms with Crippen LogP contribution >= 0.6 is 0 Å². The van der Waals surface area contributed by atoms with Gasteiger partial charge in [-0.1, -0.05) is 36.4 Å². The monoisotopic (exact) mass is 359 g/mol. The molecule has 5 nitrogen and oxygen atoms in total. The van der Waals surface area contributed by atoms with Crippen molar-refractivity contribution in [3.63, 3.8) is 0 Å². The molecule has 1 saturated heterocycles. The largest absolute Gasteiger partial charge is 0.458 e. The number of carbonyl (C=O) groups excluding carboxylic acids is 2. The molecule has 1 unspecified atom stereocenters. The van der Waals surface area contributed by atoms with E-state index in [2.05, 4.69) is 6.58 Å². The standard InChI is InChI=1S/C21H29NO4/c1-5-13-21(18(23)26-20(2,3)4)14-9-10-15-22(21)19(24)25-16-17-11-7-6-8-12-17/h5-8,11-12H,1,9-10,13-16H2,2-4H3. The SMILES string of the molecule is C=CCC1(C(=O)OC(C)(C)C)CCCCN1C(=O)OCc1ccccc1. The zero-order chi connectivity index (χ0) is 19.2. The first-order valence-electron chi connectivity index (χ1n) is 9.11. The smallest absolute Gasteiger partial charge is 0.411 e. The molecule has 1 heterocycles. The zero-order valence-corrected chi connectivity index (χ0v) is 16.0. The number of hydrogen-bond acceptors (Lipinski definition) is 4. The minimum atomic E-state index is -1.04. The van der Waals surface area contributed by atoms with Crippen LogP contribution in [0, 0.1) is 0 Å². The number of ether oxygens (including phenoxy) is 2. The molecule has 1 aromatic rings. The Balaban J connectivity index is 2.19. The van der Waals surface area contributed by atoms with Gasteiger partial charge in [-0.3, -0.25) is 4.90 Å². The Morgan fingerprint density at radius 1 is 1.23 bits per heavy atom. The second kappa shape index (κ2) is 8.39. The van der Waals surface area contributed by atoms with Crippen LogP contribution in [-0.2, 0) is 20.9 Å². The van der Waals surface area contributed by atoms with Gasteiger partial charge in [-0.25, -0.2) is 9.59 Å². The summed E-state index contributed by atoms with van der Waals surface area (Å²) >= 11 is 0. The molecule has 142 valence electrons. The fourth-order valence-electron chi connectivity index (χ4n) is 3.22. The second-order valence-corrected chi connectivity index (χ2v) is 7.68. The van der Waals surface area contributed by atoms with Crippen LogP contribution in [0.2, 0.25) is 0 Å². The maximum absolute atomic E-state index is 13.0. The summed E-state index contributed by atoms with van der Waals surface area (Å²) in [6.07, 6.45) is 3.78. The molecule has 0 saturated carbocycles. The lowest BCUT2D eigenvalue weighted by molar-refractivity contribution is -0.171. The molecule has 1 aliphatic heterocycles. The second-order valence-electron chi connectivity index (χ2n) is 7.68. The summed E-state index contributed by atoms with van der Waals surface area (Å²) in [6, 6.07) is 9.50. The highest BCUT2D eigenvalue weighted by molar-refractivity contribution is 5.86. The van der Waals surface area contributed by atoms with Gasteiger partial charge in [0, 0.05) is 6.54 Å². The number of hydrogen-bond donors (Lipinski definition) is 0. The van der Waals surface area contributed by atoms with Gasteiger partial charge in [-0.05, 0) is 52.0 Å². The fraction of sp³-hybridized carbons (Fsp3) is 0.524. The zero-order valence-electron chi connectivity index (χ0n) is 16.0. The van der Waals surface area contributed by atoms with Crippen molar-refractivity contribution in [1.29, 1.82) is 0 Å². The molecule has 1 amide bonds. The summed E-state index contributed by atoms with van der Waals surface area (Å²) in [6.45, 7) is 9.91. The number of rotatable bonds is 5. The minimum absolute atomic E-state index is 0.175. The van der Waals surface area contributed by atoms with Gasteiger partial charge in [-0.15, -0.1) is 6.58 Å². The van der Waals surface area contributed by atoms with Crippen molar-refractivity contribution in [2.75, 3.05) is 6.54 Å². The van der Waals surface area contributed by atoms with Gasteiger partial charge >= 0.3 is 12.1 Å². The number of likely N-dealkylation sites (tertiary alicyclic amines) is 1. The van der Waals surface area contributed by atoms with E-state index in [-0.39, 0.29) is 12.6 Å². The molecule has 5 heteroatoms. The molecule has 26 heavy (non-hydrogen) atoms. The van der Waals surface area contributed by atoms with Crippen molar-refractivity contribution >= 4 is 12.1 Å². The van der Waals surface area contributed by atoms with Gasteiger partial charge in [0.2, 0.25) is 0 Å². The third-order valence-electron chi connectivity index (χ3n) is 4.43. The van der Waals surface area contributed by atoms with Crippen molar-refractivity contribution in [1.82, 2.24) is 4.90 Å². The van der Waals surface area contributed by atoms with Crippen molar-refractivity contribution in [2.24, 2.45) is 0 Å². The van der Waals surface area contributed by atoms with Crippen LogP contribution in [0.15, 0.2) is 43.0 Å². The fourth-order valence-corrected chi connectivity index (χ4v) is 3.22. The molecule has 2 rings (SSSR count). The molecular formula is C21H29NO4. The van der Waals surface area contributed by atoms with Gasteiger partial charge in [0.25, 0.3) is 0 Å². The summed E-state index contributed by atoms with van der Waals surface area (Å²) < 4.78 is 11.1. The molecule has 0 aromatic heterocycles. The molecule has 0 aliphatic carbocycles. The maximum atomic E-state index is 13.0. The van der Waals surface area contributed by atoms with Crippen molar-refractivity contribution in [2.45, 2.75) is 64.2 Å². The highest BCUT2D eigenvalue weighted by Gasteiger charge is 2.50. The van der Waals surface area contributed by atoms with E-state index in [1.54, 1.807) is 6.08 Å². The number of carbonyl (C=O) groups is 2. The van der Waals surface area contributed by atoms with Crippen molar-refractivity contribution < 1.29 is 19.1 Å². The van der Waals surface area contributed by atoms with E-state index in [1.165, 1.54) is 4.90 Å². The summed E-state index contributed by atoms with van der Waals surface area (Å²) in [5.41, 5.74) is -0.756. The van der Waals surface area contributed by atoms with E-state index in [0.717, 1.165) is 18.4 Å². The first-order valence-corrected chi connectivity index (χ1v) is 9.11. The Hall–Kier alpha value is -2.30. The molecule has 1 aliphatic rings. The summed E-state index contributed by atoms with van der Waals surface area (Å²) in [7, 11) is 0. The third kappa shape index (κ3) is 4.87. The van der Waals surface area contributed by atoms with Crippen LogP contribution < -0.4 is 0 Å². The molecule has 0 N–H and O–H groups in total. The highest BCUT2D eigenvalue weighted by Crippen LogP contribution is 2.35. The first kappa shape index (κ1) is 20.0. The lowest BCUT2D eigenvalue weighted by Crippen LogP contribution is -2.60. The lowest BCUT2D eigenvalue weighted by Gasteiger charge is -2.44. The third-order valence-corrected chi connectivity index (χ3v) is 4.43. The lowest BCUT2D eigenvalue weighted by atomic mass is 9.83. The van der Waals surface area contributed by atoms with Gasteiger partial charge in [0.15, 0.2) is 0 Å². The number of piperidine rings is 1. The quantitative estimate of drug-likeness (QED) is 0.575. The number of esters is 1. The van der Waals surface area contributed by atoms with E-state index in [1.807, 2.05) is 51.1 Å². The summed E-state index contributed by atoms with van der Waals surface area (Å²) in [5.74, 6) is -0.388. The van der Waals surface area contributed by atoms with Crippen molar-refractivity contribution in [3.8, 4) is 0 Å². The van der Waals surface area contributed by atoms with Crippen LogP contribution in [0.1, 0.15) is 52.0 Å². The average molecular weight is 359 g/mol. The molecule has 0 bridgehead atoms. The predicted octanol–water partition coefficient (Wildman–Crippen LogP) is 4.47. The van der Waals surface area contributed by atoms with Gasteiger partial charge in [-0.2, -0.15) is 0 Å². The van der Waals surface area contributed by atoms with E-state index in [4.69, 9.17) is 9.47 Å². The Labute approximate surface area is 156 Å². The van der Waals surface area contributed by atoms with E-state index >= 15 is 0 Å². The first-order chi connectivity index (χ1) is 12.3. The van der Waals surface area contributed by atoms with Crippen LogP contribution in [0.3, 0.4) is 0 Å². The normalized spacial score (nSPS) is 20.3. The molecule has 1 fully saturated rings. The Kier molecular flexibility index (Phi) is 6.46. The molecule has 0 spiro atoms. The topological polar surface area (TPSA) is 55.8 Å². The average Bonchev–Trinajstić information content (AvgIpc) is 2.59. The minimum Gasteiger partial charge on any atom is -0.458 e. The van der Waals surface area contributed by atoms with Gasteiger partial charge in [0.05, 0.1) is 0 Å². The van der Waals surface area contributed by atoms with Crippen LogP contribution in [0.5, 0.6) is 0 Å². The van der Waals surface area contributed by atoms with Crippen LogP contribution in [-0.4, -0.2) is 34.6 Å². The van der Waals surface area contributed by atoms with Crippen LogP contribution in [0.4, 0.5) is 4.79 Å². The number of amides is 1. The van der Waals surface area contributed by atoms with Gasteiger partial charge < -0.3 is 9.47 Å². The van der Waals surface area contributed by atoms with E-state index in [0.29, 0.717) is 19.4 Å². The summed E-state index contributed by atoms with van der Waals surface area (Å²) in [5, 5.41) is 0. The Morgan fingerprint density at radius 2 is 1.92 bits per heavy atom. The van der Waals surface area contributed by atoms with E-state index < -0.39 is 17.2 Å². The highest BCUT2D eigenvalue weighted by atomic mass is 16.6.